The number of benzene rings is 1. The minimum atomic E-state index is -4.71. The predicted molar refractivity (Wildman–Crippen MR) is 135 cm³/mol. The molecule has 0 bridgehead atoms. The first-order valence-corrected chi connectivity index (χ1v) is 13.0. The van der Waals surface area contributed by atoms with Crippen molar-refractivity contribution >= 4 is 33.3 Å². The van der Waals surface area contributed by atoms with Gasteiger partial charge in [0.25, 0.3) is 0 Å². The Hall–Kier alpha value is -3.49. The fourth-order valence-electron chi connectivity index (χ4n) is 3.21. The number of pyridine rings is 1. The van der Waals surface area contributed by atoms with E-state index in [0.29, 0.717) is 37.1 Å². The number of anilines is 4. The van der Waals surface area contributed by atoms with Gasteiger partial charge in [0.05, 0.1) is 12.9 Å². The molecule has 2 aromatic heterocycles. The van der Waals surface area contributed by atoms with Crippen LogP contribution in [0.15, 0.2) is 48.8 Å². The summed E-state index contributed by atoms with van der Waals surface area (Å²) in [6.45, 7) is 1.78. The first kappa shape index (κ1) is 28.1. The SMILES string of the molecule is COCCNCc1ccc(Nc2ncc(C(F)(F)F)c(NCc3cccnc3N(C)S(C)(=O)=O)n2)cc1. The minimum absolute atomic E-state index is 0.0406. The van der Waals surface area contributed by atoms with Crippen LogP contribution in [-0.4, -0.2) is 56.9 Å². The van der Waals surface area contributed by atoms with Crippen LogP contribution < -0.4 is 20.3 Å². The highest BCUT2D eigenvalue weighted by Crippen LogP contribution is 2.34. The van der Waals surface area contributed by atoms with Crippen molar-refractivity contribution in [2.24, 2.45) is 0 Å². The van der Waals surface area contributed by atoms with Crippen LogP contribution in [0.1, 0.15) is 16.7 Å². The molecule has 0 aliphatic rings. The van der Waals surface area contributed by atoms with E-state index in [1.165, 1.54) is 13.2 Å². The summed E-state index contributed by atoms with van der Waals surface area (Å²) in [4.78, 5) is 11.9. The number of hydrogen-bond donors (Lipinski definition) is 3. The topological polar surface area (TPSA) is 121 Å². The first-order chi connectivity index (χ1) is 17.5. The van der Waals surface area contributed by atoms with Gasteiger partial charge in [-0.3, -0.25) is 4.31 Å². The van der Waals surface area contributed by atoms with Crippen LogP contribution >= 0.6 is 0 Å². The third-order valence-corrected chi connectivity index (χ3v) is 6.39. The van der Waals surface area contributed by atoms with Crippen LogP contribution in [-0.2, 0) is 34.0 Å². The normalized spacial score (nSPS) is 11.8. The Kier molecular flexibility index (Phi) is 9.23. The summed E-state index contributed by atoms with van der Waals surface area (Å²) in [6.07, 6.45) is -1.61. The molecule has 37 heavy (non-hydrogen) atoms. The number of ether oxygens (including phenoxy) is 1. The quantitative estimate of drug-likeness (QED) is 0.298. The smallest absolute Gasteiger partial charge is 0.383 e. The number of aromatic nitrogens is 3. The fourth-order valence-corrected chi connectivity index (χ4v) is 3.69. The highest BCUT2D eigenvalue weighted by Gasteiger charge is 2.35. The minimum Gasteiger partial charge on any atom is -0.383 e. The Balaban J connectivity index is 1.78. The van der Waals surface area contributed by atoms with Crippen molar-refractivity contribution in [2.45, 2.75) is 19.3 Å². The first-order valence-electron chi connectivity index (χ1n) is 11.1. The van der Waals surface area contributed by atoms with Crippen molar-refractivity contribution in [3.8, 4) is 0 Å². The van der Waals surface area contributed by atoms with Crippen LogP contribution in [0.25, 0.3) is 0 Å². The van der Waals surface area contributed by atoms with E-state index in [2.05, 4.69) is 30.9 Å². The zero-order chi connectivity index (χ0) is 27.1. The van der Waals surface area contributed by atoms with Gasteiger partial charge in [-0.15, -0.1) is 0 Å². The zero-order valence-electron chi connectivity index (χ0n) is 20.5. The van der Waals surface area contributed by atoms with E-state index in [-0.39, 0.29) is 18.3 Å². The number of rotatable bonds is 12. The van der Waals surface area contributed by atoms with Crippen LogP contribution in [0.3, 0.4) is 0 Å². The third kappa shape index (κ3) is 8.00. The van der Waals surface area contributed by atoms with Gasteiger partial charge in [0, 0.05) is 57.4 Å². The standard InChI is InChI=1S/C23H28F3N7O3S/c1-33(37(3,34)35)21-17(5-4-10-28-21)14-29-20-19(23(24,25)26)15-30-22(32-20)31-18-8-6-16(7-9-18)13-27-11-12-36-2/h4-10,15,27H,11-14H2,1-3H3,(H2,29,30,31,32). The lowest BCUT2D eigenvalue weighted by atomic mass is 10.2. The van der Waals surface area contributed by atoms with E-state index in [4.69, 9.17) is 4.74 Å². The van der Waals surface area contributed by atoms with Crippen LogP contribution in [0, 0.1) is 0 Å². The van der Waals surface area contributed by atoms with Gasteiger partial charge in [-0.1, -0.05) is 18.2 Å². The Morgan fingerprint density at radius 1 is 1.08 bits per heavy atom. The van der Waals surface area contributed by atoms with Crippen LogP contribution in [0.4, 0.5) is 36.4 Å². The number of nitrogens with one attached hydrogen (secondary N) is 3. The molecule has 14 heteroatoms. The Morgan fingerprint density at radius 3 is 2.46 bits per heavy atom. The monoisotopic (exact) mass is 539 g/mol. The van der Waals surface area contributed by atoms with Gasteiger partial charge in [-0.25, -0.2) is 18.4 Å². The number of nitrogens with zero attached hydrogens (tertiary/aromatic N) is 4. The summed E-state index contributed by atoms with van der Waals surface area (Å²) in [5.41, 5.74) is 0.920. The van der Waals surface area contributed by atoms with Gasteiger partial charge < -0.3 is 20.7 Å². The largest absolute Gasteiger partial charge is 0.421 e. The Bertz CT molecular complexity index is 1290. The van der Waals surface area contributed by atoms with Crippen molar-refractivity contribution in [2.75, 3.05) is 48.5 Å². The molecule has 2 heterocycles. The van der Waals surface area contributed by atoms with Crippen molar-refractivity contribution < 1.29 is 26.3 Å². The molecule has 0 unspecified atom stereocenters. The van der Waals surface area contributed by atoms with Gasteiger partial charge >= 0.3 is 6.18 Å². The van der Waals surface area contributed by atoms with Crippen molar-refractivity contribution in [3.63, 3.8) is 0 Å². The number of alkyl halides is 3. The molecule has 3 N–H and O–H groups in total. The molecule has 10 nitrogen and oxygen atoms in total. The van der Waals surface area contributed by atoms with Crippen LogP contribution in [0.2, 0.25) is 0 Å². The number of hydrogen-bond acceptors (Lipinski definition) is 9. The van der Waals surface area contributed by atoms with E-state index in [1.54, 1.807) is 31.4 Å². The lowest BCUT2D eigenvalue weighted by Gasteiger charge is -2.20. The Labute approximate surface area is 213 Å². The molecule has 0 saturated heterocycles. The summed E-state index contributed by atoms with van der Waals surface area (Å²) in [5.74, 6) is -0.405. The lowest BCUT2D eigenvalue weighted by molar-refractivity contribution is -0.137. The molecule has 0 saturated carbocycles. The number of methoxy groups -OCH3 is 1. The molecule has 0 aliphatic heterocycles. The third-order valence-electron chi connectivity index (χ3n) is 5.23. The summed E-state index contributed by atoms with van der Waals surface area (Å²) in [5, 5.41) is 8.79. The summed E-state index contributed by atoms with van der Waals surface area (Å²) < 4.78 is 70.7. The second-order valence-corrected chi connectivity index (χ2v) is 10.0. The summed E-state index contributed by atoms with van der Waals surface area (Å²) in [6, 6.07) is 10.4. The molecule has 0 aliphatic carbocycles. The molecule has 1 aromatic carbocycles. The van der Waals surface area contributed by atoms with E-state index in [1.807, 2.05) is 12.1 Å². The Morgan fingerprint density at radius 2 is 1.81 bits per heavy atom. The van der Waals surface area contributed by atoms with E-state index < -0.39 is 27.6 Å². The molecule has 3 rings (SSSR count). The molecule has 0 radical (unpaired) electrons. The maximum atomic E-state index is 13.6. The zero-order valence-corrected chi connectivity index (χ0v) is 21.3. The van der Waals surface area contributed by atoms with Crippen molar-refractivity contribution in [1.82, 2.24) is 20.3 Å². The molecule has 200 valence electrons. The van der Waals surface area contributed by atoms with Gasteiger partial charge in [0.1, 0.15) is 17.2 Å². The number of sulfonamides is 1. The molecule has 0 spiro atoms. The van der Waals surface area contributed by atoms with E-state index in [0.717, 1.165) is 16.1 Å². The maximum Gasteiger partial charge on any atom is 0.421 e. The maximum absolute atomic E-state index is 13.6. The number of halogens is 3. The highest BCUT2D eigenvalue weighted by atomic mass is 32.2. The van der Waals surface area contributed by atoms with Gasteiger partial charge in [-0.05, 0) is 23.8 Å². The second kappa shape index (κ2) is 12.2. The second-order valence-electron chi connectivity index (χ2n) is 8.02. The summed E-state index contributed by atoms with van der Waals surface area (Å²) >= 11 is 0. The molecule has 0 atom stereocenters. The van der Waals surface area contributed by atoms with Gasteiger partial charge in [0.2, 0.25) is 16.0 Å². The molecule has 0 amide bonds. The van der Waals surface area contributed by atoms with E-state index >= 15 is 0 Å². The van der Waals surface area contributed by atoms with Gasteiger partial charge in [0.15, 0.2) is 0 Å². The molecule has 0 fully saturated rings. The van der Waals surface area contributed by atoms with Crippen LogP contribution in [0.5, 0.6) is 0 Å². The molecular formula is C23H28F3N7O3S. The lowest BCUT2D eigenvalue weighted by Crippen LogP contribution is -2.27. The van der Waals surface area contributed by atoms with Crippen molar-refractivity contribution in [3.05, 3.63) is 65.5 Å². The highest BCUT2D eigenvalue weighted by molar-refractivity contribution is 7.92. The average molecular weight is 540 g/mol. The average Bonchev–Trinajstić information content (AvgIpc) is 2.85. The van der Waals surface area contributed by atoms with Gasteiger partial charge in [-0.2, -0.15) is 18.2 Å². The predicted octanol–water partition coefficient (Wildman–Crippen LogP) is 3.38. The van der Waals surface area contributed by atoms with Crippen molar-refractivity contribution in [1.29, 1.82) is 0 Å². The molecule has 3 aromatic rings. The van der Waals surface area contributed by atoms with E-state index in [9.17, 15) is 21.6 Å². The summed E-state index contributed by atoms with van der Waals surface area (Å²) in [7, 11) is -0.687. The fraction of sp³-hybridized carbons (Fsp3) is 0.348. The molecular weight excluding hydrogens is 511 g/mol.